The number of thioether (sulfide) groups is 1. The van der Waals surface area contributed by atoms with Crippen molar-refractivity contribution in [2.75, 3.05) is 30.1 Å². The van der Waals surface area contributed by atoms with Gasteiger partial charge in [0, 0.05) is 19.8 Å². The average Bonchev–Trinajstić information content (AvgIpc) is 2.29. The van der Waals surface area contributed by atoms with Crippen LogP contribution in [0.5, 0.6) is 0 Å². The van der Waals surface area contributed by atoms with Gasteiger partial charge in [-0.25, -0.2) is 0 Å². The average molecular weight is 249 g/mol. The second kappa shape index (κ2) is 5.45. The summed E-state index contributed by atoms with van der Waals surface area (Å²) in [6.07, 6.45) is 1.17. The maximum absolute atomic E-state index is 4.63. The molecular weight excluding hydrogens is 230 g/mol. The highest BCUT2D eigenvalue weighted by Gasteiger charge is 2.13. The molecule has 0 bridgehead atoms. The lowest BCUT2D eigenvalue weighted by Crippen LogP contribution is -2.19. The summed E-state index contributed by atoms with van der Waals surface area (Å²) >= 11 is 1.80. The molecule has 1 unspecified atom stereocenters. The highest BCUT2D eigenvalue weighted by molar-refractivity contribution is 8.14. The van der Waals surface area contributed by atoms with Crippen molar-refractivity contribution in [2.45, 2.75) is 19.4 Å². The molecule has 1 N–H and O–H groups in total. The van der Waals surface area contributed by atoms with E-state index in [1.165, 1.54) is 12.1 Å². The molecule has 0 saturated heterocycles. The zero-order valence-electron chi connectivity index (χ0n) is 10.6. The molecule has 1 aliphatic rings. The normalized spacial score (nSPS) is 19.7. The Morgan fingerprint density at radius 1 is 1.35 bits per heavy atom. The highest BCUT2D eigenvalue weighted by atomic mass is 32.2. The Balaban J connectivity index is 2.18. The minimum Gasteiger partial charge on any atom is -0.376 e. The van der Waals surface area contributed by atoms with Crippen LogP contribution in [0.1, 0.15) is 13.3 Å². The Hall–Kier alpha value is -1.16. The van der Waals surface area contributed by atoms with Gasteiger partial charge in [-0.1, -0.05) is 23.9 Å². The summed E-state index contributed by atoms with van der Waals surface area (Å²) in [5.41, 5.74) is 2.31. The van der Waals surface area contributed by atoms with Crippen LogP contribution in [-0.2, 0) is 0 Å². The van der Waals surface area contributed by atoms with Gasteiger partial charge in [0.15, 0.2) is 5.17 Å². The maximum atomic E-state index is 4.63. The van der Waals surface area contributed by atoms with E-state index in [4.69, 9.17) is 0 Å². The Kier molecular flexibility index (Phi) is 3.94. The van der Waals surface area contributed by atoms with Crippen molar-refractivity contribution in [3.05, 3.63) is 24.3 Å². The third-order valence-electron chi connectivity index (χ3n) is 2.74. The highest BCUT2D eigenvalue weighted by Crippen LogP contribution is 2.26. The van der Waals surface area contributed by atoms with Gasteiger partial charge in [0.1, 0.15) is 0 Å². The van der Waals surface area contributed by atoms with E-state index < -0.39 is 0 Å². The molecule has 2 rings (SSSR count). The molecule has 1 aromatic rings. The van der Waals surface area contributed by atoms with E-state index >= 15 is 0 Å². The number of amidine groups is 1. The Morgan fingerprint density at radius 3 is 2.82 bits per heavy atom. The van der Waals surface area contributed by atoms with Gasteiger partial charge in [-0.3, -0.25) is 4.99 Å². The Morgan fingerprint density at radius 2 is 2.12 bits per heavy atom. The third kappa shape index (κ3) is 3.16. The van der Waals surface area contributed by atoms with E-state index in [0.717, 1.165) is 16.6 Å². The lowest BCUT2D eigenvalue weighted by molar-refractivity contribution is 0.720. The number of hydrogen-bond acceptors (Lipinski definition) is 4. The zero-order valence-corrected chi connectivity index (χ0v) is 11.4. The van der Waals surface area contributed by atoms with Gasteiger partial charge in [0.05, 0.1) is 17.4 Å². The molecule has 0 saturated carbocycles. The largest absolute Gasteiger partial charge is 0.376 e. The lowest BCUT2D eigenvalue weighted by Gasteiger charge is -2.21. The van der Waals surface area contributed by atoms with Crippen molar-refractivity contribution in [1.82, 2.24) is 0 Å². The van der Waals surface area contributed by atoms with Crippen molar-refractivity contribution in [3.8, 4) is 0 Å². The lowest BCUT2D eigenvalue weighted by atomic mass is 10.2. The topological polar surface area (TPSA) is 27.6 Å². The summed E-state index contributed by atoms with van der Waals surface area (Å²) in [6.45, 7) is 2.17. The predicted molar refractivity (Wildman–Crippen MR) is 78.4 cm³/mol. The quantitative estimate of drug-likeness (QED) is 0.873. The van der Waals surface area contributed by atoms with Gasteiger partial charge in [0.25, 0.3) is 0 Å². The predicted octanol–water partition coefficient (Wildman–Crippen LogP) is 3.05. The molecule has 1 heterocycles. The second-order valence-corrected chi connectivity index (χ2v) is 5.54. The molecule has 0 spiro atoms. The Bertz CT molecular complexity index is 415. The number of rotatable bonds is 2. The first-order chi connectivity index (χ1) is 8.16. The van der Waals surface area contributed by atoms with E-state index in [9.17, 15) is 0 Å². The van der Waals surface area contributed by atoms with Crippen LogP contribution in [0.15, 0.2) is 29.3 Å². The second-order valence-electron chi connectivity index (χ2n) is 4.46. The van der Waals surface area contributed by atoms with Crippen LogP contribution < -0.4 is 10.2 Å². The molecule has 1 aliphatic heterocycles. The molecule has 92 valence electrons. The molecule has 4 heteroatoms. The molecule has 0 fully saturated rings. The number of anilines is 2. The van der Waals surface area contributed by atoms with Gasteiger partial charge < -0.3 is 10.2 Å². The molecule has 0 aliphatic carbocycles. The molecule has 0 amide bonds. The van der Waals surface area contributed by atoms with E-state index in [2.05, 4.69) is 54.4 Å². The van der Waals surface area contributed by atoms with Crippen LogP contribution in [0.4, 0.5) is 11.4 Å². The van der Waals surface area contributed by atoms with Crippen molar-refractivity contribution in [1.29, 1.82) is 0 Å². The molecule has 1 aromatic carbocycles. The van der Waals surface area contributed by atoms with Crippen molar-refractivity contribution in [3.63, 3.8) is 0 Å². The summed E-state index contributed by atoms with van der Waals surface area (Å²) in [4.78, 5) is 6.74. The van der Waals surface area contributed by atoms with Gasteiger partial charge in [-0.05, 0) is 25.5 Å². The molecule has 3 nitrogen and oxygen atoms in total. The smallest absolute Gasteiger partial charge is 0.161 e. The van der Waals surface area contributed by atoms with Crippen LogP contribution in [0.2, 0.25) is 0 Å². The Labute approximate surface area is 107 Å². The van der Waals surface area contributed by atoms with Gasteiger partial charge in [-0.2, -0.15) is 0 Å². The zero-order chi connectivity index (χ0) is 12.3. The first-order valence-electron chi connectivity index (χ1n) is 5.91. The standard InChI is InChI=1S/C13H19N3S/c1-10-8-9-17-13(14-10)15-11-6-4-5-7-12(11)16(2)3/h4-7,10H,8-9H2,1-3H3,(H,14,15). The molecule has 0 aromatic heterocycles. The third-order valence-corrected chi connectivity index (χ3v) is 3.66. The SMILES string of the molecule is CC1CCSC(Nc2ccccc2N(C)C)=N1. The van der Waals surface area contributed by atoms with Crippen LogP contribution in [0.25, 0.3) is 0 Å². The summed E-state index contributed by atoms with van der Waals surface area (Å²) in [5, 5.41) is 4.47. The van der Waals surface area contributed by atoms with Crippen molar-refractivity contribution >= 4 is 28.3 Å². The number of hydrogen-bond donors (Lipinski definition) is 1. The van der Waals surface area contributed by atoms with E-state index in [-0.39, 0.29) is 0 Å². The van der Waals surface area contributed by atoms with Gasteiger partial charge in [-0.15, -0.1) is 0 Å². The number of nitrogens with one attached hydrogen (secondary N) is 1. The van der Waals surface area contributed by atoms with Crippen molar-refractivity contribution in [2.24, 2.45) is 4.99 Å². The summed E-state index contributed by atoms with van der Waals surface area (Å²) in [5.74, 6) is 1.15. The van der Waals surface area contributed by atoms with Gasteiger partial charge in [0.2, 0.25) is 0 Å². The monoisotopic (exact) mass is 249 g/mol. The van der Waals surface area contributed by atoms with E-state index in [1.54, 1.807) is 11.8 Å². The number of nitrogens with zero attached hydrogens (tertiary/aromatic N) is 2. The molecule has 17 heavy (non-hydrogen) atoms. The minimum absolute atomic E-state index is 0.435. The summed E-state index contributed by atoms with van der Waals surface area (Å²) < 4.78 is 0. The van der Waals surface area contributed by atoms with Crippen molar-refractivity contribution < 1.29 is 0 Å². The van der Waals surface area contributed by atoms with Gasteiger partial charge >= 0.3 is 0 Å². The molecular formula is C13H19N3S. The fraction of sp³-hybridized carbons (Fsp3) is 0.462. The number of aliphatic imine (C=N–C) groups is 1. The van der Waals surface area contributed by atoms with E-state index in [1.807, 2.05) is 6.07 Å². The summed E-state index contributed by atoms with van der Waals surface area (Å²) in [6, 6.07) is 8.74. The first kappa shape index (κ1) is 12.3. The van der Waals surface area contributed by atoms with Crippen LogP contribution in [0, 0.1) is 0 Å². The van der Waals surface area contributed by atoms with Crippen LogP contribution in [0.3, 0.4) is 0 Å². The number of benzene rings is 1. The summed E-state index contributed by atoms with van der Waals surface area (Å²) in [7, 11) is 4.11. The van der Waals surface area contributed by atoms with Crippen LogP contribution >= 0.6 is 11.8 Å². The first-order valence-corrected chi connectivity index (χ1v) is 6.89. The van der Waals surface area contributed by atoms with E-state index in [0.29, 0.717) is 6.04 Å². The molecule has 0 radical (unpaired) electrons. The molecule has 1 atom stereocenters. The number of para-hydroxylation sites is 2. The van der Waals surface area contributed by atoms with Crippen LogP contribution in [-0.4, -0.2) is 31.1 Å². The minimum atomic E-state index is 0.435. The fourth-order valence-corrected chi connectivity index (χ4v) is 2.87. The maximum Gasteiger partial charge on any atom is 0.161 e. The fourth-order valence-electron chi connectivity index (χ4n) is 1.78.